The highest BCUT2D eigenvalue weighted by molar-refractivity contribution is 6.00. The fourth-order valence-corrected chi connectivity index (χ4v) is 2.56. The average molecular weight is 246 g/mol. The molecule has 98 valence electrons. The molecule has 3 nitrogen and oxygen atoms in total. The fourth-order valence-electron chi connectivity index (χ4n) is 2.56. The summed E-state index contributed by atoms with van der Waals surface area (Å²) in [5.41, 5.74) is 9.10. The van der Waals surface area contributed by atoms with Crippen molar-refractivity contribution in [2.75, 3.05) is 18.5 Å². The van der Waals surface area contributed by atoms with Gasteiger partial charge in [-0.3, -0.25) is 4.79 Å². The second-order valence-corrected chi connectivity index (χ2v) is 5.20. The van der Waals surface area contributed by atoms with E-state index >= 15 is 0 Å². The van der Waals surface area contributed by atoms with Gasteiger partial charge in [0.05, 0.1) is 6.42 Å². The van der Waals surface area contributed by atoms with E-state index in [1.54, 1.807) is 4.90 Å². The maximum Gasteiger partial charge on any atom is 0.231 e. The number of likely N-dealkylation sites (N-methyl/N-ethyl adjacent to an activating group) is 1. The third-order valence-electron chi connectivity index (χ3n) is 3.84. The van der Waals surface area contributed by atoms with Gasteiger partial charge < -0.3 is 10.6 Å². The van der Waals surface area contributed by atoms with Crippen LogP contribution in [0.1, 0.15) is 43.2 Å². The Morgan fingerprint density at radius 2 is 2.17 bits per heavy atom. The molecule has 0 spiro atoms. The summed E-state index contributed by atoms with van der Waals surface area (Å²) in [5, 5.41) is 0. The van der Waals surface area contributed by atoms with Gasteiger partial charge in [-0.2, -0.15) is 0 Å². The number of carbonyl (C=O) groups is 1. The quantitative estimate of drug-likeness (QED) is 0.811. The summed E-state index contributed by atoms with van der Waals surface area (Å²) in [6.07, 6.45) is 3.99. The van der Waals surface area contributed by atoms with E-state index in [1.807, 2.05) is 7.05 Å². The highest BCUT2D eigenvalue weighted by Gasteiger charge is 2.24. The molecule has 0 fully saturated rings. The largest absolute Gasteiger partial charge is 0.330 e. The van der Waals surface area contributed by atoms with E-state index in [-0.39, 0.29) is 5.91 Å². The van der Waals surface area contributed by atoms with Gasteiger partial charge in [-0.1, -0.05) is 25.5 Å². The van der Waals surface area contributed by atoms with Crippen LogP contribution >= 0.6 is 0 Å². The summed E-state index contributed by atoms with van der Waals surface area (Å²) in [5.74, 6) is 0.737. The average Bonchev–Trinajstić information content (AvgIpc) is 2.65. The number of amides is 1. The van der Waals surface area contributed by atoms with Crippen LogP contribution in [0.25, 0.3) is 0 Å². The number of hydrogen-bond acceptors (Lipinski definition) is 2. The van der Waals surface area contributed by atoms with Crippen molar-refractivity contribution in [3.8, 4) is 0 Å². The lowest BCUT2D eigenvalue weighted by Gasteiger charge is -2.14. The maximum absolute atomic E-state index is 11.6. The van der Waals surface area contributed by atoms with Crippen LogP contribution in [-0.4, -0.2) is 19.5 Å². The van der Waals surface area contributed by atoms with Crippen molar-refractivity contribution in [1.82, 2.24) is 0 Å². The lowest BCUT2D eigenvalue weighted by atomic mass is 9.93. The number of carbonyl (C=O) groups excluding carboxylic acids is 1. The summed E-state index contributed by atoms with van der Waals surface area (Å²) in [7, 11) is 1.85. The van der Waals surface area contributed by atoms with Crippen LogP contribution in [0.3, 0.4) is 0 Å². The van der Waals surface area contributed by atoms with Gasteiger partial charge in [-0.15, -0.1) is 0 Å². The third-order valence-corrected chi connectivity index (χ3v) is 3.84. The molecule has 1 amide bonds. The minimum Gasteiger partial charge on any atom is -0.330 e. The van der Waals surface area contributed by atoms with E-state index in [2.05, 4.69) is 25.1 Å². The molecule has 2 rings (SSSR count). The van der Waals surface area contributed by atoms with Crippen LogP contribution in [0.5, 0.6) is 0 Å². The predicted octanol–water partition coefficient (Wildman–Crippen LogP) is 2.44. The summed E-state index contributed by atoms with van der Waals surface area (Å²) < 4.78 is 0. The number of nitrogens with two attached hydrogens (primary N) is 1. The minimum atomic E-state index is 0.193. The molecule has 0 bridgehead atoms. The van der Waals surface area contributed by atoms with Crippen LogP contribution in [0.15, 0.2) is 18.2 Å². The molecule has 1 heterocycles. The van der Waals surface area contributed by atoms with Crippen molar-refractivity contribution in [2.24, 2.45) is 5.73 Å². The Hall–Kier alpha value is -1.35. The Kier molecular flexibility index (Phi) is 4.02. The third kappa shape index (κ3) is 2.56. The molecule has 1 aliphatic heterocycles. The highest BCUT2D eigenvalue weighted by atomic mass is 16.2. The highest BCUT2D eigenvalue weighted by Crippen LogP contribution is 2.31. The molecular formula is C15H22N2O. The zero-order valence-electron chi connectivity index (χ0n) is 11.3. The zero-order valence-corrected chi connectivity index (χ0v) is 11.3. The number of nitrogens with zero attached hydrogens (tertiary/aromatic N) is 1. The SMILES string of the molecule is CC(CCCCN)c1ccc2c(c1)CC(=O)N2C. The molecule has 0 saturated carbocycles. The standard InChI is InChI=1S/C15H22N2O/c1-11(5-3-4-8-16)12-6-7-14-13(9-12)10-15(18)17(14)2/h6-7,9,11H,3-5,8,10,16H2,1-2H3. The van der Waals surface area contributed by atoms with Crippen molar-refractivity contribution in [3.05, 3.63) is 29.3 Å². The van der Waals surface area contributed by atoms with Gasteiger partial charge in [0.25, 0.3) is 0 Å². The summed E-state index contributed by atoms with van der Waals surface area (Å²) in [6.45, 7) is 3.02. The molecule has 2 N–H and O–H groups in total. The van der Waals surface area contributed by atoms with E-state index < -0.39 is 0 Å². The zero-order chi connectivity index (χ0) is 13.1. The number of unbranched alkanes of at least 4 members (excludes halogenated alkanes) is 1. The van der Waals surface area contributed by atoms with Gasteiger partial charge in [-0.25, -0.2) is 0 Å². The number of rotatable bonds is 5. The molecule has 18 heavy (non-hydrogen) atoms. The maximum atomic E-state index is 11.6. The van der Waals surface area contributed by atoms with Gasteiger partial charge in [0.15, 0.2) is 0 Å². The van der Waals surface area contributed by atoms with E-state index in [0.717, 1.165) is 18.7 Å². The molecule has 3 heteroatoms. The number of hydrogen-bond donors (Lipinski definition) is 1. The number of anilines is 1. The first-order valence-corrected chi connectivity index (χ1v) is 6.73. The van der Waals surface area contributed by atoms with Gasteiger partial charge in [0.1, 0.15) is 0 Å². The molecule has 1 aliphatic rings. The molecule has 0 aromatic heterocycles. The normalized spacial score (nSPS) is 15.9. The first kappa shape index (κ1) is 13.1. The van der Waals surface area contributed by atoms with Crippen molar-refractivity contribution in [1.29, 1.82) is 0 Å². The van der Waals surface area contributed by atoms with Crippen LogP contribution < -0.4 is 10.6 Å². The monoisotopic (exact) mass is 246 g/mol. The first-order chi connectivity index (χ1) is 8.63. The van der Waals surface area contributed by atoms with E-state index in [4.69, 9.17) is 5.73 Å². The molecule has 1 unspecified atom stereocenters. The number of fused-ring (bicyclic) bond motifs is 1. The van der Waals surface area contributed by atoms with Gasteiger partial charge in [0, 0.05) is 12.7 Å². The van der Waals surface area contributed by atoms with Crippen molar-refractivity contribution < 1.29 is 4.79 Å². The smallest absolute Gasteiger partial charge is 0.231 e. The van der Waals surface area contributed by atoms with Crippen LogP contribution in [-0.2, 0) is 11.2 Å². The summed E-state index contributed by atoms with van der Waals surface area (Å²) in [6, 6.07) is 6.43. The van der Waals surface area contributed by atoms with Crippen molar-refractivity contribution >= 4 is 11.6 Å². The Labute approximate surface area is 109 Å². The second-order valence-electron chi connectivity index (χ2n) is 5.20. The summed E-state index contributed by atoms with van der Waals surface area (Å²) >= 11 is 0. The molecule has 1 atom stereocenters. The van der Waals surface area contributed by atoms with Crippen molar-refractivity contribution in [2.45, 2.75) is 38.5 Å². The Balaban J connectivity index is 2.08. The lowest BCUT2D eigenvalue weighted by Crippen LogP contribution is -2.20. The van der Waals surface area contributed by atoms with Crippen LogP contribution in [0.4, 0.5) is 5.69 Å². The Morgan fingerprint density at radius 1 is 1.39 bits per heavy atom. The molecule has 0 saturated heterocycles. The second kappa shape index (κ2) is 5.53. The Bertz CT molecular complexity index is 442. The fraction of sp³-hybridized carbons (Fsp3) is 0.533. The van der Waals surface area contributed by atoms with Gasteiger partial charge in [0.2, 0.25) is 5.91 Å². The lowest BCUT2D eigenvalue weighted by molar-refractivity contribution is -0.117. The van der Waals surface area contributed by atoms with E-state index in [9.17, 15) is 4.79 Å². The van der Waals surface area contributed by atoms with E-state index in [0.29, 0.717) is 12.3 Å². The topological polar surface area (TPSA) is 46.3 Å². The first-order valence-electron chi connectivity index (χ1n) is 6.73. The number of benzene rings is 1. The van der Waals surface area contributed by atoms with Crippen LogP contribution in [0.2, 0.25) is 0 Å². The van der Waals surface area contributed by atoms with Gasteiger partial charge in [-0.05, 0) is 42.5 Å². The van der Waals surface area contributed by atoms with Gasteiger partial charge >= 0.3 is 0 Å². The summed E-state index contributed by atoms with van der Waals surface area (Å²) in [4.78, 5) is 13.4. The molecule has 0 aliphatic carbocycles. The molecule has 1 aromatic rings. The van der Waals surface area contributed by atoms with E-state index in [1.165, 1.54) is 24.0 Å². The van der Waals surface area contributed by atoms with Crippen molar-refractivity contribution in [3.63, 3.8) is 0 Å². The minimum absolute atomic E-state index is 0.193. The molecular weight excluding hydrogens is 224 g/mol. The molecule has 1 aromatic carbocycles. The van der Waals surface area contributed by atoms with Crippen LogP contribution in [0, 0.1) is 0 Å². The molecule has 0 radical (unpaired) electrons. The predicted molar refractivity (Wildman–Crippen MR) is 74.9 cm³/mol. The Morgan fingerprint density at radius 3 is 2.89 bits per heavy atom.